The average Bonchev–Trinajstić information content (AvgIpc) is 3.26. The molecule has 1 amide bonds. The first kappa shape index (κ1) is 19.8. The van der Waals surface area contributed by atoms with Crippen LogP contribution < -0.4 is 10.5 Å². The van der Waals surface area contributed by atoms with Crippen LogP contribution in [0.15, 0.2) is 71.9 Å². The van der Waals surface area contributed by atoms with E-state index in [0.717, 1.165) is 29.8 Å². The highest BCUT2D eigenvalue weighted by Gasteiger charge is 2.30. The van der Waals surface area contributed by atoms with Crippen LogP contribution in [0.3, 0.4) is 0 Å². The number of nitrogens with zero attached hydrogens (tertiary/aromatic N) is 5. The third-order valence-electron chi connectivity index (χ3n) is 5.45. The molecule has 0 aliphatic carbocycles. The number of rotatable bonds is 6. The number of anilines is 1. The minimum atomic E-state index is -0.139. The molecule has 0 saturated carbocycles. The molecule has 3 heterocycles. The summed E-state index contributed by atoms with van der Waals surface area (Å²) < 4.78 is 1.46. The predicted molar refractivity (Wildman–Crippen MR) is 115 cm³/mol. The zero-order valence-corrected chi connectivity index (χ0v) is 17.0. The number of hydrogen-bond donors (Lipinski definition) is 0. The summed E-state index contributed by atoms with van der Waals surface area (Å²) in [6.45, 7) is 2.32. The van der Waals surface area contributed by atoms with Gasteiger partial charge in [0, 0.05) is 45.1 Å². The number of aromatic nitrogens is 3. The first-order valence-corrected chi connectivity index (χ1v) is 10.1. The Kier molecular flexibility index (Phi) is 5.88. The van der Waals surface area contributed by atoms with Crippen LogP contribution in [0.2, 0.25) is 0 Å². The Bertz CT molecular complexity index is 1050. The van der Waals surface area contributed by atoms with Crippen molar-refractivity contribution in [1.29, 1.82) is 0 Å². The molecule has 1 fully saturated rings. The van der Waals surface area contributed by atoms with Crippen molar-refractivity contribution < 1.29 is 4.79 Å². The van der Waals surface area contributed by atoms with Gasteiger partial charge in [0.05, 0.1) is 24.3 Å². The van der Waals surface area contributed by atoms with Gasteiger partial charge >= 0.3 is 0 Å². The lowest BCUT2D eigenvalue weighted by Gasteiger charge is -2.22. The number of amides is 1. The maximum atomic E-state index is 12.8. The van der Waals surface area contributed by atoms with Crippen molar-refractivity contribution in [2.24, 2.45) is 5.92 Å². The molecule has 0 spiro atoms. The van der Waals surface area contributed by atoms with Crippen molar-refractivity contribution in [3.63, 3.8) is 0 Å². The quantitative estimate of drug-likeness (QED) is 0.631. The molecule has 1 aliphatic rings. The number of benzene rings is 1. The topological polar surface area (TPSA) is 71.3 Å². The second kappa shape index (κ2) is 8.90. The summed E-state index contributed by atoms with van der Waals surface area (Å²) in [7, 11) is 1.82. The van der Waals surface area contributed by atoms with Gasteiger partial charge in [-0.1, -0.05) is 36.4 Å². The zero-order valence-electron chi connectivity index (χ0n) is 17.0. The largest absolute Gasteiger partial charge is 0.369 e. The average molecular weight is 403 g/mol. The molecule has 1 unspecified atom stereocenters. The van der Waals surface area contributed by atoms with Crippen molar-refractivity contribution in [2.75, 3.05) is 25.0 Å². The minimum absolute atomic E-state index is 0.0848. The first-order chi connectivity index (χ1) is 14.6. The minimum Gasteiger partial charge on any atom is -0.369 e. The SMILES string of the molecule is CN(Cc1cccnc1)C(=O)C1CCN(c2cnn(Cc3ccccc3)c(=O)c2)C1. The van der Waals surface area contributed by atoms with E-state index in [-0.39, 0.29) is 17.4 Å². The lowest BCUT2D eigenvalue weighted by Crippen LogP contribution is -2.34. The molecule has 4 rings (SSSR count). The normalized spacial score (nSPS) is 15.9. The first-order valence-electron chi connectivity index (χ1n) is 10.1. The maximum absolute atomic E-state index is 12.8. The van der Waals surface area contributed by atoms with Gasteiger partial charge in [-0.3, -0.25) is 14.6 Å². The van der Waals surface area contributed by atoms with E-state index in [9.17, 15) is 9.59 Å². The van der Waals surface area contributed by atoms with Crippen molar-refractivity contribution >= 4 is 11.6 Å². The standard InChI is InChI=1S/C23H25N5O2/c1-26(15-19-8-5-10-24-13-19)23(30)20-9-11-27(17-20)21-12-22(29)28(25-14-21)16-18-6-3-2-4-7-18/h2-8,10,12-14,20H,9,11,15-17H2,1H3. The molecule has 1 atom stereocenters. The van der Waals surface area contributed by atoms with Crippen molar-refractivity contribution in [3.8, 4) is 0 Å². The van der Waals surface area contributed by atoms with Gasteiger partial charge in [0.25, 0.3) is 5.56 Å². The maximum Gasteiger partial charge on any atom is 0.269 e. The highest BCUT2D eigenvalue weighted by molar-refractivity contribution is 5.80. The summed E-state index contributed by atoms with van der Waals surface area (Å²) >= 11 is 0. The van der Waals surface area contributed by atoms with E-state index >= 15 is 0 Å². The van der Waals surface area contributed by atoms with Gasteiger partial charge in [0.1, 0.15) is 0 Å². The Labute approximate surface area is 175 Å². The molecule has 1 aromatic carbocycles. The van der Waals surface area contributed by atoms with E-state index < -0.39 is 0 Å². The zero-order chi connectivity index (χ0) is 20.9. The Morgan fingerprint density at radius 2 is 1.93 bits per heavy atom. The Hall–Kier alpha value is -3.48. The molecule has 7 nitrogen and oxygen atoms in total. The van der Waals surface area contributed by atoms with Crippen LogP contribution in [0.4, 0.5) is 5.69 Å². The molecule has 3 aromatic rings. The smallest absolute Gasteiger partial charge is 0.269 e. The van der Waals surface area contributed by atoms with E-state index in [2.05, 4.69) is 15.0 Å². The molecule has 2 aromatic heterocycles. The van der Waals surface area contributed by atoms with E-state index in [1.54, 1.807) is 29.6 Å². The lowest BCUT2D eigenvalue weighted by atomic mass is 10.1. The fraction of sp³-hybridized carbons (Fsp3) is 0.304. The molecule has 0 N–H and O–H groups in total. The molecule has 1 saturated heterocycles. The summed E-state index contributed by atoms with van der Waals surface area (Å²) in [5.74, 6) is 0.0325. The second-order valence-electron chi connectivity index (χ2n) is 7.68. The van der Waals surface area contributed by atoms with Crippen LogP contribution in [0.1, 0.15) is 17.5 Å². The van der Waals surface area contributed by atoms with Crippen LogP contribution in [-0.2, 0) is 17.9 Å². The van der Waals surface area contributed by atoms with Crippen LogP contribution in [0.5, 0.6) is 0 Å². The number of hydrogen-bond acceptors (Lipinski definition) is 5. The van der Waals surface area contributed by atoms with Crippen LogP contribution >= 0.6 is 0 Å². The van der Waals surface area contributed by atoms with Gasteiger partial charge in [0.15, 0.2) is 0 Å². The van der Waals surface area contributed by atoms with Gasteiger partial charge < -0.3 is 9.80 Å². The molecular formula is C23H25N5O2. The van der Waals surface area contributed by atoms with Gasteiger partial charge in [-0.05, 0) is 23.6 Å². The summed E-state index contributed by atoms with van der Waals surface area (Å²) in [4.78, 5) is 33.3. The van der Waals surface area contributed by atoms with Crippen molar-refractivity contribution in [3.05, 3.63) is 88.6 Å². The number of carbonyl (C=O) groups is 1. The van der Waals surface area contributed by atoms with Crippen molar-refractivity contribution in [1.82, 2.24) is 19.7 Å². The number of pyridine rings is 1. The molecule has 154 valence electrons. The highest BCUT2D eigenvalue weighted by Crippen LogP contribution is 2.24. The summed E-state index contributed by atoms with van der Waals surface area (Å²) in [6, 6.07) is 15.2. The van der Waals surface area contributed by atoms with E-state index in [1.165, 1.54) is 4.68 Å². The monoisotopic (exact) mass is 403 g/mol. The van der Waals surface area contributed by atoms with Crippen molar-refractivity contribution in [2.45, 2.75) is 19.5 Å². The third-order valence-corrected chi connectivity index (χ3v) is 5.45. The highest BCUT2D eigenvalue weighted by atomic mass is 16.2. The van der Waals surface area contributed by atoms with E-state index in [1.807, 2.05) is 49.5 Å². The fourth-order valence-electron chi connectivity index (χ4n) is 3.82. The molecule has 0 radical (unpaired) electrons. The van der Waals surface area contributed by atoms with Gasteiger partial charge in [-0.15, -0.1) is 0 Å². The molecule has 1 aliphatic heterocycles. The van der Waals surface area contributed by atoms with Gasteiger partial charge in [0.2, 0.25) is 5.91 Å². The lowest BCUT2D eigenvalue weighted by molar-refractivity contribution is -0.134. The predicted octanol–water partition coefficient (Wildman–Crippen LogP) is 2.17. The molecular weight excluding hydrogens is 378 g/mol. The molecule has 30 heavy (non-hydrogen) atoms. The summed E-state index contributed by atoms with van der Waals surface area (Å²) in [5.41, 5.74) is 2.67. The van der Waals surface area contributed by atoms with Crippen LogP contribution in [-0.4, -0.2) is 45.7 Å². The van der Waals surface area contributed by atoms with E-state index in [4.69, 9.17) is 0 Å². The van der Waals surface area contributed by atoms with Crippen LogP contribution in [0, 0.1) is 5.92 Å². The van der Waals surface area contributed by atoms with Crippen LogP contribution in [0.25, 0.3) is 0 Å². The summed E-state index contributed by atoms with van der Waals surface area (Å²) in [6.07, 6.45) is 5.99. The second-order valence-corrected chi connectivity index (χ2v) is 7.68. The van der Waals surface area contributed by atoms with Gasteiger partial charge in [-0.25, -0.2) is 4.68 Å². The molecule has 0 bridgehead atoms. The third kappa shape index (κ3) is 4.56. The Morgan fingerprint density at radius 1 is 1.13 bits per heavy atom. The Balaban J connectivity index is 1.38. The molecule has 7 heteroatoms. The van der Waals surface area contributed by atoms with Gasteiger partial charge in [-0.2, -0.15) is 5.10 Å². The van der Waals surface area contributed by atoms with E-state index in [0.29, 0.717) is 19.6 Å². The Morgan fingerprint density at radius 3 is 2.67 bits per heavy atom. The summed E-state index contributed by atoms with van der Waals surface area (Å²) in [5, 5.41) is 4.34. The fourth-order valence-corrected chi connectivity index (χ4v) is 3.82. The number of carbonyl (C=O) groups excluding carboxylic acids is 1.